The van der Waals surface area contributed by atoms with Crippen molar-refractivity contribution in [3.05, 3.63) is 42.4 Å². The second-order valence-corrected chi connectivity index (χ2v) is 3.99. The van der Waals surface area contributed by atoms with Crippen LogP contribution in [0.1, 0.15) is 12.0 Å². The third-order valence-electron chi connectivity index (χ3n) is 2.76. The van der Waals surface area contributed by atoms with E-state index in [-0.39, 0.29) is 6.42 Å². The van der Waals surface area contributed by atoms with Crippen LogP contribution in [0, 0.1) is 0 Å². The van der Waals surface area contributed by atoms with Gasteiger partial charge in [0.1, 0.15) is 12.1 Å². The number of nitrogens with zero attached hydrogens (tertiary/aromatic N) is 2. The first kappa shape index (κ1) is 13.0. The van der Waals surface area contributed by atoms with E-state index in [1.165, 1.54) is 6.33 Å². The smallest absolute Gasteiger partial charge is 0.303 e. The number of methoxy groups -OCH3 is 1. The van der Waals surface area contributed by atoms with Gasteiger partial charge in [-0.25, -0.2) is 9.97 Å². The van der Waals surface area contributed by atoms with Crippen molar-refractivity contribution in [1.82, 2.24) is 9.97 Å². The minimum atomic E-state index is -0.838. The molecule has 2 rings (SSSR count). The quantitative estimate of drug-likeness (QED) is 0.889. The summed E-state index contributed by atoms with van der Waals surface area (Å²) in [5.41, 5.74) is 2.36. The topological polar surface area (TPSA) is 72.3 Å². The molecule has 0 radical (unpaired) electrons. The van der Waals surface area contributed by atoms with E-state index in [1.54, 1.807) is 13.3 Å². The highest BCUT2D eigenvalue weighted by atomic mass is 16.5. The molecule has 19 heavy (non-hydrogen) atoms. The lowest BCUT2D eigenvalue weighted by Gasteiger charge is -2.10. The van der Waals surface area contributed by atoms with Crippen molar-refractivity contribution >= 4 is 5.97 Å². The first-order chi connectivity index (χ1) is 9.22. The van der Waals surface area contributed by atoms with E-state index in [0.29, 0.717) is 17.9 Å². The number of carboxylic acid groups (broad SMARTS) is 1. The van der Waals surface area contributed by atoms with Crippen LogP contribution in [0.4, 0.5) is 0 Å². The fraction of sp³-hybridized carbons (Fsp3) is 0.214. The summed E-state index contributed by atoms with van der Waals surface area (Å²) in [4.78, 5) is 18.9. The van der Waals surface area contributed by atoms with Crippen LogP contribution >= 0.6 is 0 Å². The van der Waals surface area contributed by atoms with Crippen molar-refractivity contribution in [2.45, 2.75) is 12.8 Å². The van der Waals surface area contributed by atoms with Crippen LogP contribution in [-0.2, 0) is 11.2 Å². The average molecular weight is 258 g/mol. The molecule has 0 spiro atoms. The Labute approximate surface area is 110 Å². The molecule has 0 unspecified atom stereocenters. The lowest BCUT2D eigenvalue weighted by molar-refractivity contribution is -0.136. The normalized spacial score (nSPS) is 10.2. The maximum Gasteiger partial charge on any atom is 0.303 e. The minimum Gasteiger partial charge on any atom is -0.496 e. The molecule has 98 valence electrons. The third-order valence-corrected chi connectivity index (χ3v) is 2.76. The van der Waals surface area contributed by atoms with Gasteiger partial charge in [-0.05, 0) is 24.1 Å². The predicted octanol–water partition coefficient (Wildman–Crippen LogP) is 2.17. The van der Waals surface area contributed by atoms with Gasteiger partial charge >= 0.3 is 5.97 Å². The summed E-state index contributed by atoms with van der Waals surface area (Å²) in [6, 6.07) is 7.51. The number of aryl methyl sites for hydroxylation is 1. The number of hydrogen-bond acceptors (Lipinski definition) is 4. The Bertz CT molecular complexity index is 584. The van der Waals surface area contributed by atoms with Crippen LogP contribution in [0.25, 0.3) is 11.3 Å². The molecule has 0 bridgehead atoms. The largest absolute Gasteiger partial charge is 0.496 e. The number of carbonyl (C=O) groups is 1. The summed E-state index contributed by atoms with van der Waals surface area (Å²) >= 11 is 0. The van der Waals surface area contributed by atoms with Crippen LogP contribution < -0.4 is 4.74 Å². The molecular weight excluding hydrogens is 244 g/mol. The molecule has 0 saturated heterocycles. The standard InChI is InChI=1S/C14H14N2O3/c1-19-12-5-3-2-4-11(12)14-10(6-7-13(17)18)8-15-9-16-14/h2-5,8-9H,6-7H2,1H3,(H,17,18). The van der Waals surface area contributed by atoms with Crippen LogP contribution in [0.5, 0.6) is 5.75 Å². The van der Waals surface area contributed by atoms with Crippen molar-refractivity contribution in [3.63, 3.8) is 0 Å². The average Bonchev–Trinajstić information content (AvgIpc) is 2.45. The summed E-state index contributed by atoms with van der Waals surface area (Å²) in [5.74, 6) is -0.132. The van der Waals surface area contributed by atoms with Crippen LogP contribution in [0.15, 0.2) is 36.8 Å². The SMILES string of the molecule is COc1ccccc1-c1ncncc1CCC(=O)O. The maximum absolute atomic E-state index is 10.7. The Morgan fingerprint density at radius 3 is 2.89 bits per heavy atom. The van der Waals surface area contributed by atoms with Crippen LogP contribution in [0.3, 0.4) is 0 Å². The summed E-state index contributed by atoms with van der Waals surface area (Å²) < 4.78 is 5.30. The molecule has 1 aromatic heterocycles. The van der Waals surface area contributed by atoms with Gasteiger partial charge in [0, 0.05) is 18.2 Å². The highest BCUT2D eigenvalue weighted by Crippen LogP contribution is 2.30. The van der Waals surface area contributed by atoms with Crippen LogP contribution in [0.2, 0.25) is 0 Å². The van der Waals surface area contributed by atoms with E-state index < -0.39 is 5.97 Å². The van der Waals surface area contributed by atoms with Gasteiger partial charge < -0.3 is 9.84 Å². The number of para-hydroxylation sites is 1. The van der Waals surface area contributed by atoms with E-state index in [9.17, 15) is 4.79 Å². The van der Waals surface area contributed by atoms with Gasteiger partial charge in [0.15, 0.2) is 0 Å². The second-order valence-electron chi connectivity index (χ2n) is 3.99. The number of aromatic nitrogens is 2. The van der Waals surface area contributed by atoms with Crippen molar-refractivity contribution in [1.29, 1.82) is 0 Å². The Morgan fingerprint density at radius 2 is 2.16 bits per heavy atom. The Hall–Kier alpha value is -2.43. The van der Waals surface area contributed by atoms with Gasteiger partial charge in [-0.3, -0.25) is 4.79 Å². The maximum atomic E-state index is 10.7. The number of ether oxygens (including phenoxy) is 1. The number of hydrogen-bond donors (Lipinski definition) is 1. The molecule has 0 amide bonds. The molecule has 1 N–H and O–H groups in total. The third kappa shape index (κ3) is 3.07. The van der Waals surface area contributed by atoms with Crippen molar-refractivity contribution in [2.24, 2.45) is 0 Å². The van der Waals surface area contributed by atoms with Crippen molar-refractivity contribution in [3.8, 4) is 17.0 Å². The molecule has 0 fully saturated rings. The van der Waals surface area contributed by atoms with Crippen LogP contribution in [-0.4, -0.2) is 28.2 Å². The van der Waals surface area contributed by atoms with Gasteiger partial charge in [-0.1, -0.05) is 12.1 Å². The van der Waals surface area contributed by atoms with E-state index in [0.717, 1.165) is 11.1 Å². The molecule has 0 aliphatic rings. The number of rotatable bonds is 5. The summed E-state index contributed by atoms with van der Waals surface area (Å²) in [6.45, 7) is 0. The van der Waals surface area contributed by atoms with Gasteiger partial charge in [-0.2, -0.15) is 0 Å². The van der Waals surface area contributed by atoms with E-state index in [2.05, 4.69) is 9.97 Å². The fourth-order valence-corrected chi connectivity index (χ4v) is 1.87. The van der Waals surface area contributed by atoms with Gasteiger partial charge in [0.05, 0.1) is 12.8 Å². The van der Waals surface area contributed by atoms with Crippen molar-refractivity contribution in [2.75, 3.05) is 7.11 Å². The van der Waals surface area contributed by atoms with E-state index in [4.69, 9.17) is 9.84 Å². The van der Waals surface area contributed by atoms with Gasteiger partial charge in [-0.15, -0.1) is 0 Å². The molecule has 1 heterocycles. The molecule has 0 aliphatic carbocycles. The zero-order valence-corrected chi connectivity index (χ0v) is 10.5. The number of benzene rings is 1. The first-order valence-electron chi connectivity index (χ1n) is 5.86. The zero-order chi connectivity index (χ0) is 13.7. The molecular formula is C14H14N2O3. The summed E-state index contributed by atoms with van der Waals surface area (Å²) in [7, 11) is 1.59. The highest BCUT2D eigenvalue weighted by molar-refractivity contribution is 5.71. The van der Waals surface area contributed by atoms with Crippen molar-refractivity contribution < 1.29 is 14.6 Å². The highest BCUT2D eigenvalue weighted by Gasteiger charge is 2.12. The van der Waals surface area contributed by atoms with Gasteiger partial charge in [0.25, 0.3) is 0 Å². The molecule has 0 atom stereocenters. The lowest BCUT2D eigenvalue weighted by atomic mass is 10.0. The number of carboxylic acids is 1. The first-order valence-corrected chi connectivity index (χ1v) is 5.86. The Morgan fingerprint density at radius 1 is 1.37 bits per heavy atom. The monoisotopic (exact) mass is 258 g/mol. The zero-order valence-electron chi connectivity index (χ0n) is 10.5. The molecule has 5 heteroatoms. The fourth-order valence-electron chi connectivity index (χ4n) is 1.87. The predicted molar refractivity (Wildman–Crippen MR) is 70.0 cm³/mol. The summed E-state index contributed by atoms with van der Waals surface area (Å²) in [5, 5.41) is 8.77. The molecule has 1 aromatic carbocycles. The molecule has 0 aliphatic heterocycles. The molecule has 5 nitrogen and oxygen atoms in total. The Kier molecular flexibility index (Phi) is 4.07. The number of aliphatic carboxylic acids is 1. The van der Waals surface area contributed by atoms with E-state index >= 15 is 0 Å². The van der Waals surface area contributed by atoms with E-state index in [1.807, 2.05) is 24.3 Å². The Balaban J connectivity index is 2.41. The molecule has 0 saturated carbocycles. The van der Waals surface area contributed by atoms with Gasteiger partial charge in [0.2, 0.25) is 0 Å². The minimum absolute atomic E-state index is 0.0511. The molecule has 2 aromatic rings. The lowest BCUT2D eigenvalue weighted by Crippen LogP contribution is -2.01. The second kappa shape index (κ2) is 5.95. The summed E-state index contributed by atoms with van der Waals surface area (Å²) in [6.07, 6.45) is 3.54.